The largest absolute Gasteiger partial charge is 0.369 e. The minimum absolute atomic E-state index is 0.113. The number of hydrogen-bond acceptors (Lipinski definition) is 2. The molecule has 1 heterocycles. The molecule has 1 amide bonds. The van der Waals surface area contributed by atoms with Crippen LogP contribution in [0.3, 0.4) is 0 Å². The van der Waals surface area contributed by atoms with Gasteiger partial charge in [-0.15, -0.1) is 0 Å². The molecule has 28 heavy (non-hydrogen) atoms. The summed E-state index contributed by atoms with van der Waals surface area (Å²) in [5, 5.41) is 0. The van der Waals surface area contributed by atoms with E-state index in [-0.39, 0.29) is 6.42 Å². The lowest BCUT2D eigenvalue weighted by atomic mass is 9.77. The lowest BCUT2D eigenvalue weighted by Gasteiger charge is -2.37. The van der Waals surface area contributed by atoms with Crippen LogP contribution in [0.2, 0.25) is 0 Å². The summed E-state index contributed by atoms with van der Waals surface area (Å²) in [4.78, 5) is 15.9. The average Bonchev–Trinajstić information content (AvgIpc) is 3.19. The van der Waals surface area contributed by atoms with Crippen molar-refractivity contribution in [1.82, 2.24) is 9.55 Å². The fourth-order valence-corrected chi connectivity index (χ4v) is 3.80. The maximum Gasteiger partial charge on any atom is 0.223 e. The first kappa shape index (κ1) is 17.7. The Bertz CT molecular complexity index is 960. The Hall–Kier alpha value is -3.66. The van der Waals surface area contributed by atoms with Crippen molar-refractivity contribution < 1.29 is 4.79 Å². The molecule has 2 N–H and O–H groups in total. The summed E-state index contributed by atoms with van der Waals surface area (Å²) < 4.78 is 2.07. The van der Waals surface area contributed by atoms with Crippen molar-refractivity contribution in [2.75, 3.05) is 0 Å². The normalized spacial score (nSPS) is 11.3. The van der Waals surface area contributed by atoms with Gasteiger partial charge in [-0.05, 0) is 16.7 Å². The summed E-state index contributed by atoms with van der Waals surface area (Å²) in [5.41, 5.74) is 8.74. The Labute approximate surface area is 164 Å². The average molecular weight is 367 g/mol. The molecule has 4 heteroatoms. The summed E-state index contributed by atoms with van der Waals surface area (Å²) in [6.07, 6.45) is 3.81. The van der Waals surface area contributed by atoms with E-state index < -0.39 is 11.4 Å². The summed E-state index contributed by atoms with van der Waals surface area (Å²) >= 11 is 0. The number of rotatable bonds is 6. The molecule has 4 aromatic rings. The van der Waals surface area contributed by atoms with Gasteiger partial charge in [0.05, 0.1) is 18.4 Å². The number of nitrogens with zero attached hydrogens (tertiary/aromatic N) is 2. The first-order chi connectivity index (χ1) is 13.7. The minimum Gasteiger partial charge on any atom is -0.369 e. The van der Waals surface area contributed by atoms with Crippen LogP contribution in [-0.2, 0) is 16.8 Å². The van der Waals surface area contributed by atoms with Crippen LogP contribution in [0.1, 0.15) is 22.4 Å². The lowest BCUT2D eigenvalue weighted by Crippen LogP contribution is -2.37. The minimum atomic E-state index is -0.618. The molecule has 0 bridgehead atoms. The number of amides is 1. The van der Waals surface area contributed by atoms with Gasteiger partial charge in [-0.1, -0.05) is 91.0 Å². The monoisotopic (exact) mass is 367 g/mol. The molecular formula is C24H21N3O. The zero-order valence-corrected chi connectivity index (χ0v) is 15.4. The van der Waals surface area contributed by atoms with E-state index in [1.54, 1.807) is 6.33 Å². The first-order valence-electron chi connectivity index (χ1n) is 9.19. The number of hydrogen-bond donors (Lipinski definition) is 1. The van der Waals surface area contributed by atoms with E-state index in [9.17, 15) is 4.79 Å². The van der Waals surface area contributed by atoms with Crippen molar-refractivity contribution in [2.45, 2.75) is 12.0 Å². The molecule has 0 aliphatic carbocycles. The Morgan fingerprint density at radius 1 is 0.786 bits per heavy atom. The molecule has 4 rings (SSSR count). The van der Waals surface area contributed by atoms with E-state index in [1.807, 2.05) is 60.8 Å². The van der Waals surface area contributed by atoms with Gasteiger partial charge < -0.3 is 10.3 Å². The maximum absolute atomic E-state index is 11.4. The number of benzene rings is 3. The Balaban J connectivity index is 2.04. The van der Waals surface area contributed by atoms with Crippen LogP contribution in [0.4, 0.5) is 0 Å². The Morgan fingerprint density at radius 3 is 1.61 bits per heavy atom. The second-order valence-corrected chi connectivity index (χ2v) is 6.72. The molecule has 0 radical (unpaired) electrons. The van der Waals surface area contributed by atoms with Crippen molar-refractivity contribution in [3.05, 3.63) is 126 Å². The van der Waals surface area contributed by atoms with E-state index in [0.717, 1.165) is 16.7 Å². The van der Waals surface area contributed by atoms with Crippen molar-refractivity contribution >= 4 is 5.91 Å². The predicted molar refractivity (Wildman–Crippen MR) is 110 cm³/mol. The SMILES string of the molecule is NC(=O)Cc1cn(C(c2ccccc2)(c2ccccc2)c2ccccc2)cn1. The van der Waals surface area contributed by atoms with E-state index >= 15 is 0 Å². The summed E-state index contributed by atoms with van der Waals surface area (Å²) in [5.74, 6) is -0.394. The van der Waals surface area contributed by atoms with E-state index in [4.69, 9.17) is 5.73 Å². The molecule has 0 aliphatic heterocycles. The first-order valence-corrected chi connectivity index (χ1v) is 9.19. The maximum atomic E-state index is 11.4. The summed E-state index contributed by atoms with van der Waals surface area (Å²) in [6.45, 7) is 0. The van der Waals surface area contributed by atoms with E-state index in [1.165, 1.54) is 0 Å². The summed E-state index contributed by atoms with van der Waals surface area (Å²) in [7, 11) is 0. The Kier molecular flexibility index (Phi) is 4.77. The molecule has 0 saturated carbocycles. The molecule has 0 unspecified atom stereocenters. The fraction of sp³-hybridized carbons (Fsp3) is 0.0833. The predicted octanol–water partition coefficient (Wildman–Crippen LogP) is 3.75. The van der Waals surface area contributed by atoms with Crippen LogP contribution < -0.4 is 5.73 Å². The van der Waals surface area contributed by atoms with Gasteiger partial charge in [-0.2, -0.15) is 0 Å². The summed E-state index contributed by atoms with van der Waals surface area (Å²) in [6, 6.07) is 31.0. The molecule has 1 aromatic heterocycles. The van der Waals surface area contributed by atoms with Gasteiger partial charge in [0.2, 0.25) is 5.91 Å². The van der Waals surface area contributed by atoms with Crippen molar-refractivity contribution in [3.63, 3.8) is 0 Å². The number of imidazole rings is 1. The molecular weight excluding hydrogens is 346 g/mol. The standard InChI is InChI=1S/C24H21N3O/c25-23(28)16-22-17-27(18-26-22)24(19-10-4-1-5-11-19,20-12-6-2-7-13-20)21-14-8-3-9-15-21/h1-15,17-18H,16H2,(H2,25,28). The molecule has 0 spiro atoms. The molecule has 4 nitrogen and oxygen atoms in total. The third kappa shape index (κ3) is 3.09. The molecule has 0 atom stereocenters. The number of nitrogens with two attached hydrogens (primary N) is 1. The molecule has 0 saturated heterocycles. The third-order valence-electron chi connectivity index (χ3n) is 4.95. The van der Waals surface area contributed by atoms with Crippen molar-refractivity contribution in [2.24, 2.45) is 5.73 Å². The van der Waals surface area contributed by atoms with Gasteiger partial charge in [-0.3, -0.25) is 4.79 Å². The lowest BCUT2D eigenvalue weighted by molar-refractivity contribution is -0.117. The van der Waals surface area contributed by atoms with Gasteiger partial charge in [0.15, 0.2) is 0 Å². The molecule has 0 fully saturated rings. The quantitative estimate of drug-likeness (QED) is 0.528. The van der Waals surface area contributed by atoms with E-state index in [0.29, 0.717) is 5.69 Å². The number of carbonyl (C=O) groups excluding carboxylic acids is 1. The van der Waals surface area contributed by atoms with Crippen LogP contribution >= 0.6 is 0 Å². The van der Waals surface area contributed by atoms with Crippen LogP contribution in [0.25, 0.3) is 0 Å². The van der Waals surface area contributed by atoms with Gasteiger partial charge in [0, 0.05) is 6.20 Å². The second kappa shape index (κ2) is 7.53. The van der Waals surface area contributed by atoms with Crippen molar-refractivity contribution in [3.8, 4) is 0 Å². The molecule has 138 valence electrons. The zero-order valence-electron chi connectivity index (χ0n) is 15.4. The van der Waals surface area contributed by atoms with Gasteiger partial charge >= 0.3 is 0 Å². The highest BCUT2D eigenvalue weighted by molar-refractivity contribution is 5.76. The fourth-order valence-electron chi connectivity index (χ4n) is 3.80. The molecule has 0 aliphatic rings. The van der Waals surface area contributed by atoms with Gasteiger partial charge in [0.1, 0.15) is 5.54 Å². The number of aromatic nitrogens is 2. The van der Waals surface area contributed by atoms with Gasteiger partial charge in [-0.25, -0.2) is 4.98 Å². The topological polar surface area (TPSA) is 60.9 Å². The highest BCUT2D eigenvalue weighted by atomic mass is 16.1. The highest BCUT2D eigenvalue weighted by Gasteiger charge is 2.38. The number of carbonyl (C=O) groups is 1. The van der Waals surface area contributed by atoms with Crippen molar-refractivity contribution in [1.29, 1.82) is 0 Å². The van der Waals surface area contributed by atoms with E-state index in [2.05, 4.69) is 45.9 Å². The number of primary amides is 1. The van der Waals surface area contributed by atoms with Crippen LogP contribution in [0.15, 0.2) is 104 Å². The second-order valence-electron chi connectivity index (χ2n) is 6.72. The van der Waals surface area contributed by atoms with Crippen LogP contribution in [-0.4, -0.2) is 15.5 Å². The molecule has 3 aromatic carbocycles. The third-order valence-corrected chi connectivity index (χ3v) is 4.95. The Morgan fingerprint density at radius 2 is 1.21 bits per heavy atom. The zero-order chi connectivity index (χ0) is 19.4. The van der Waals surface area contributed by atoms with Gasteiger partial charge in [0.25, 0.3) is 0 Å². The van der Waals surface area contributed by atoms with Crippen LogP contribution in [0.5, 0.6) is 0 Å². The highest BCUT2D eigenvalue weighted by Crippen LogP contribution is 2.40. The smallest absolute Gasteiger partial charge is 0.223 e. The van der Waals surface area contributed by atoms with Crippen LogP contribution in [0, 0.1) is 0 Å².